The topological polar surface area (TPSA) is 55.4 Å². The van der Waals surface area contributed by atoms with Crippen molar-refractivity contribution < 1.29 is 13.2 Å². The van der Waals surface area contributed by atoms with E-state index in [9.17, 15) is 8.42 Å². The highest BCUT2D eigenvalue weighted by Gasteiger charge is 2.18. The molecule has 0 saturated carbocycles. The molecule has 0 unspecified atom stereocenters. The molecule has 2 aromatic rings. The van der Waals surface area contributed by atoms with Crippen molar-refractivity contribution >= 4 is 21.8 Å². The van der Waals surface area contributed by atoms with Crippen molar-refractivity contribution in [3.8, 4) is 5.75 Å². The van der Waals surface area contributed by atoms with Gasteiger partial charge in [-0.3, -0.25) is 0 Å². The summed E-state index contributed by atoms with van der Waals surface area (Å²) in [6.07, 6.45) is 0. The fourth-order valence-corrected chi connectivity index (χ4v) is 4.76. The Balaban J connectivity index is 1.89. The zero-order valence-corrected chi connectivity index (χ0v) is 16.8. The first-order chi connectivity index (χ1) is 11.8. The Morgan fingerprint density at radius 2 is 1.72 bits per heavy atom. The van der Waals surface area contributed by atoms with Crippen molar-refractivity contribution in [2.24, 2.45) is 0 Å². The Hall–Kier alpha value is -1.50. The zero-order chi connectivity index (χ0) is 18.4. The van der Waals surface area contributed by atoms with Gasteiger partial charge in [0, 0.05) is 18.1 Å². The van der Waals surface area contributed by atoms with Crippen molar-refractivity contribution in [2.45, 2.75) is 31.4 Å². The van der Waals surface area contributed by atoms with E-state index >= 15 is 0 Å². The summed E-state index contributed by atoms with van der Waals surface area (Å²) in [5.41, 5.74) is 3.98. The molecule has 1 N–H and O–H groups in total. The maximum absolute atomic E-state index is 12.5. The number of nitrogens with one attached hydrogen (secondary N) is 1. The lowest BCUT2D eigenvalue weighted by molar-refractivity contribution is 0.411. The highest BCUT2D eigenvalue weighted by molar-refractivity contribution is 7.98. The fraction of sp³-hybridized carbons (Fsp3) is 0.368. The van der Waals surface area contributed by atoms with Gasteiger partial charge in [0.15, 0.2) is 0 Å². The minimum absolute atomic E-state index is 0.314. The van der Waals surface area contributed by atoms with Gasteiger partial charge in [-0.05, 0) is 49.6 Å². The lowest BCUT2D eigenvalue weighted by Crippen LogP contribution is -2.26. The predicted molar refractivity (Wildman–Crippen MR) is 105 cm³/mol. The summed E-state index contributed by atoms with van der Waals surface area (Å²) in [4.78, 5) is 0.314. The van der Waals surface area contributed by atoms with E-state index in [1.165, 1.54) is 11.1 Å². The molecule has 6 heteroatoms. The highest BCUT2D eigenvalue weighted by atomic mass is 32.2. The van der Waals surface area contributed by atoms with Crippen LogP contribution in [0.15, 0.2) is 41.3 Å². The van der Waals surface area contributed by atoms with Crippen LogP contribution >= 0.6 is 11.8 Å². The average Bonchev–Trinajstić information content (AvgIpc) is 2.57. The summed E-state index contributed by atoms with van der Waals surface area (Å²) < 4.78 is 33.0. The van der Waals surface area contributed by atoms with E-state index in [0.717, 1.165) is 17.1 Å². The van der Waals surface area contributed by atoms with Gasteiger partial charge in [0.2, 0.25) is 10.0 Å². The third-order valence-electron chi connectivity index (χ3n) is 3.91. The van der Waals surface area contributed by atoms with E-state index < -0.39 is 10.0 Å². The smallest absolute Gasteiger partial charge is 0.240 e. The molecule has 2 rings (SSSR count). The molecule has 4 nitrogen and oxygen atoms in total. The summed E-state index contributed by atoms with van der Waals surface area (Å²) in [7, 11) is -1.93. The normalized spacial score (nSPS) is 11.5. The van der Waals surface area contributed by atoms with Gasteiger partial charge >= 0.3 is 0 Å². The van der Waals surface area contributed by atoms with E-state index in [1.807, 2.05) is 6.92 Å². The second-order valence-corrected chi connectivity index (χ2v) is 8.86. The summed E-state index contributed by atoms with van der Waals surface area (Å²) >= 11 is 1.71. The Morgan fingerprint density at radius 1 is 1.04 bits per heavy atom. The maximum atomic E-state index is 12.5. The van der Waals surface area contributed by atoms with Gasteiger partial charge in [0.05, 0.1) is 12.0 Å². The van der Waals surface area contributed by atoms with Gasteiger partial charge in [0.25, 0.3) is 0 Å². The third kappa shape index (κ3) is 5.49. The highest BCUT2D eigenvalue weighted by Crippen LogP contribution is 2.25. The summed E-state index contributed by atoms with van der Waals surface area (Å²) in [6, 6.07) is 11.8. The van der Waals surface area contributed by atoms with Crippen molar-refractivity contribution in [2.75, 3.05) is 19.4 Å². The zero-order valence-electron chi connectivity index (χ0n) is 15.1. The SMILES string of the molecule is COc1cc(C)c(S(=O)(=O)NCCSCc2ccc(C)cc2)cc1C. The van der Waals surface area contributed by atoms with Crippen LogP contribution in [-0.4, -0.2) is 27.8 Å². The van der Waals surface area contributed by atoms with Gasteiger partial charge in [-0.25, -0.2) is 13.1 Å². The summed E-state index contributed by atoms with van der Waals surface area (Å²) in [5.74, 6) is 2.30. The Kier molecular flexibility index (Phi) is 6.93. The molecule has 0 aromatic heterocycles. The number of hydrogen-bond donors (Lipinski definition) is 1. The number of benzene rings is 2. The number of aryl methyl sites for hydroxylation is 3. The lowest BCUT2D eigenvalue weighted by atomic mass is 10.1. The quantitative estimate of drug-likeness (QED) is 0.708. The van der Waals surface area contributed by atoms with E-state index in [-0.39, 0.29) is 0 Å². The number of hydrogen-bond acceptors (Lipinski definition) is 4. The van der Waals surface area contributed by atoms with Gasteiger partial charge in [0.1, 0.15) is 5.75 Å². The van der Waals surface area contributed by atoms with Gasteiger partial charge in [-0.15, -0.1) is 0 Å². The van der Waals surface area contributed by atoms with Gasteiger partial charge < -0.3 is 4.74 Å². The van der Waals surface area contributed by atoms with Crippen LogP contribution in [0.3, 0.4) is 0 Å². The first-order valence-corrected chi connectivity index (χ1v) is 10.8. The summed E-state index contributed by atoms with van der Waals surface area (Å²) in [5, 5.41) is 0. The van der Waals surface area contributed by atoms with Crippen molar-refractivity contribution in [1.82, 2.24) is 4.72 Å². The van der Waals surface area contributed by atoms with E-state index in [4.69, 9.17) is 4.74 Å². The second-order valence-electron chi connectivity index (χ2n) is 6.02. The number of rotatable bonds is 8. The molecule has 136 valence electrons. The fourth-order valence-electron chi connectivity index (χ4n) is 2.47. The lowest BCUT2D eigenvalue weighted by Gasteiger charge is -2.12. The molecule has 25 heavy (non-hydrogen) atoms. The van der Waals surface area contributed by atoms with Gasteiger partial charge in [-0.1, -0.05) is 29.8 Å². The van der Waals surface area contributed by atoms with Crippen LogP contribution in [-0.2, 0) is 15.8 Å². The molecule has 0 bridgehead atoms. The Morgan fingerprint density at radius 3 is 2.36 bits per heavy atom. The van der Waals surface area contributed by atoms with Gasteiger partial charge in [-0.2, -0.15) is 11.8 Å². The van der Waals surface area contributed by atoms with Crippen LogP contribution in [0.2, 0.25) is 0 Å². The first kappa shape index (κ1) is 19.8. The van der Waals surface area contributed by atoms with E-state index in [1.54, 1.807) is 37.9 Å². The van der Waals surface area contributed by atoms with Crippen molar-refractivity contribution in [3.05, 3.63) is 58.7 Å². The molecule has 0 aliphatic carbocycles. The molecule has 0 radical (unpaired) electrons. The molecule has 0 aliphatic heterocycles. The standard InChI is InChI=1S/C19H25NO3S2/c1-14-5-7-17(8-6-14)13-24-10-9-20-25(21,22)19-12-15(2)18(23-4)11-16(19)3/h5-8,11-12,20H,9-10,13H2,1-4H3. The molecule has 0 heterocycles. The minimum Gasteiger partial charge on any atom is -0.496 e. The van der Waals surface area contributed by atoms with Crippen molar-refractivity contribution in [3.63, 3.8) is 0 Å². The minimum atomic E-state index is -3.51. The number of ether oxygens (including phenoxy) is 1. The molecular formula is C19H25NO3S2. The molecule has 0 atom stereocenters. The molecule has 0 fully saturated rings. The second kappa shape index (κ2) is 8.74. The Bertz CT molecular complexity index is 815. The third-order valence-corrected chi connectivity index (χ3v) is 6.54. The van der Waals surface area contributed by atoms with E-state index in [2.05, 4.69) is 35.9 Å². The van der Waals surface area contributed by atoms with Crippen LogP contribution < -0.4 is 9.46 Å². The first-order valence-electron chi connectivity index (χ1n) is 8.11. The van der Waals surface area contributed by atoms with Crippen LogP contribution in [0.5, 0.6) is 5.75 Å². The molecule has 0 saturated heterocycles. The predicted octanol–water partition coefficient (Wildman–Crippen LogP) is 3.83. The molecule has 0 aliphatic rings. The molecule has 2 aromatic carbocycles. The van der Waals surface area contributed by atoms with Crippen LogP contribution in [0.4, 0.5) is 0 Å². The van der Waals surface area contributed by atoms with Crippen LogP contribution in [0.1, 0.15) is 22.3 Å². The summed E-state index contributed by atoms with van der Waals surface area (Å²) in [6.45, 7) is 6.09. The monoisotopic (exact) mass is 379 g/mol. The average molecular weight is 380 g/mol. The molecule has 0 spiro atoms. The van der Waals surface area contributed by atoms with Crippen LogP contribution in [0.25, 0.3) is 0 Å². The van der Waals surface area contributed by atoms with Crippen molar-refractivity contribution in [1.29, 1.82) is 0 Å². The Labute approximate surface area is 155 Å². The number of sulfonamides is 1. The number of methoxy groups -OCH3 is 1. The van der Waals surface area contributed by atoms with E-state index in [0.29, 0.717) is 22.8 Å². The van der Waals surface area contributed by atoms with Crippen LogP contribution in [0, 0.1) is 20.8 Å². The maximum Gasteiger partial charge on any atom is 0.240 e. The molecular weight excluding hydrogens is 354 g/mol. The molecule has 0 amide bonds. The number of thioether (sulfide) groups is 1. The largest absolute Gasteiger partial charge is 0.496 e.